The zero-order valence-electron chi connectivity index (χ0n) is 16.4. The van der Waals surface area contributed by atoms with Crippen molar-refractivity contribution in [3.05, 3.63) is 53.9 Å². The molecule has 0 saturated carbocycles. The number of nitrogens with zero attached hydrogens (tertiary/aromatic N) is 3. The average molecular weight is 381 g/mol. The molecule has 0 unspecified atom stereocenters. The zero-order chi connectivity index (χ0) is 19.9. The van der Waals surface area contributed by atoms with Crippen LogP contribution in [0.25, 0.3) is 0 Å². The number of rotatable bonds is 6. The summed E-state index contributed by atoms with van der Waals surface area (Å²) in [5, 5.41) is 5.63. The van der Waals surface area contributed by atoms with Gasteiger partial charge >= 0.3 is 0 Å². The van der Waals surface area contributed by atoms with Crippen molar-refractivity contribution in [2.45, 2.75) is 20.4 Å². The van der Waals surface area contributed by atoms with Crippen LogP contribution in [0.4, 0.5) is 11.4 Å². The van der Waals surface area contributed by atoms with Crippen LogP contribution in [-0.4, -0.2) is 59.3 Å². The van der Waals surface area contributed by atoms with Crippen LogP contribution in [0.3, 0.4) is 0 Å². The summed E-state index contributed by atoms with van der Waals surface area (Å²) < 4.78 is 0. The van der Waals surface area contributed by atoms with Gasteiger partial charge in [0, 0.05) is 62.9 Å². The molecule has 2 heterocycles. The van der Waals surface area contributed by atoms with E-state index in [2.05, 4.69) is 31.5 Å². The van der Waals surface area contributed by atoms with E-state index in [0.29, 0.717) is 17.9 Å². The first-order chi connectivity index (χ1) is 13.5. The van der Waals surface area contributed by atoms with E-state index in [0.717, 1.165) is 38.4 Å². The van der Waals surface area contributed by atoms with E-state index >= 15 is 0 Å². The topological polar surface area (TPSA) is 77.6 Å². The standard InChI is InChI=1S/C21H27N5O2/c1-16-18(5-4-8-22-16)14-25-9-11-26(12-10-25)15-21(28)24-20-7-3-6-19(13-20)23-17(2)27/h3-8,13H,9-12,14-15H2,1-2H3,(H,23,27)(H,24,28). The quantitative estimate of drug-likeness (QED) is 0.801. The van der Waals surface area contributed by atoms with Crippen molar-refractivity contribution in [3.63, 3.8) is 0 Å². The van der Waals surface area contributed by atoms with Gasteiger partial charge in [0.05, 0.1) is 6.54 Å². The molecule has 7 heteroatoms. The number of anilines is 2. The monoisotopic (exact) mass is 381 g/mol. The predicted octanol–water partition coefficient (Wildman–Crippen LogP) is 2.10. The van der Waals surface area contributed by atoms with Crippen LogP contribution in [-0.2, 0) is 16.1 Å². The van der Waals surface area contributed by atoms with E-state index in [-0.39, 0.29) is 11.8 Å². The number of benzene rings is 1. The molecule has 0 atom stereocenters. The molecule has 1 aliphatic rings. The molecule has 1 fully saturated rings. The third kappa shape index (κ3) is 5.87. The Morgan fingerprint density at radius 1 is 1.00 bits per heavy atom. The normalized spacial score (nSPS) is 15.2. The Morgan fingerprint density at radius 3 is 2.36 bits per heavy atom. The van der Waals surface area contributed by atoms with Crippen LogP contribution >= 0.6 is 0 Å². The van der Waals surface area contributed by atoms with Gasteiger partial charge in [0.15, 0.2) is 0 Å². The molecule has 0 aliphatic carbocycles. The molecule has 7 nitrogen and oxygen atoms in total. The molecule has 2 amide bonds. The number of carbonyl (C=O) groups is 2. The van der Waals surface area contributed by atoms with Crippen molar-refractivity contribution >= 4 is 23.2 Å². The van der Waals surface area contributed by atoms with Crippen LogP contribution in [0.2, 0.25) is 0 Å². The molecular formula is C21H27N5O2. The van der Waals surface area contributed by atoms with Gasteiger partial charge in [0.1, 0.15) is 0 Å². The van der Waals surface area contributed by atoms with Gasteiger partial charge in [0.2, 0.25) is 11.8 Å². The third-order valence-corrected chi connectivity index (χ3v) is 4.81. The summed E-state index contributed by atoms with van der Waals surface area (Å²) in [5.41, 5.74) is 3.69. The minimum Gasteiger partial charge on any atom is -0.326 e. The van der Waals surface area contributed by atoms with E-state index in [1.165, 1.54) is 12.5 Å². The second kappa shape index (κ2) is 9.43. The molecule has 0 spiro atoms. The molecule has 1 aromatic carbocycles. The fourth-order valence-electron chi connectivity index (χ4n) is 3.31. The number of carbonyl (C=O) groups excluding carboxylic acids is 2. The summed E-state index contributed by atoms with van der Waals surface area (Å²) in [5.74, 6) is -0.181. The average Bonchev–Trinajstić information content (AvgIpc) is 2.65. The predicted molar refractivity (Wildman–Crippen MR) is 110 cm³/mol. The highest BCUT2D eigenvalue weighted by molar-refractivity contribution is 5.94. The SMILES string of the molecule is CC(=O)Nc1cccc(NC(=O)CN2CCN(Cc3cccnc3C)CC2)c1. The van der Waals surface area contributed by atoms with Gasteiger partial charge in [-0.05, 0) is 36.8 Å². The first-order valence-electron chi connectivity index (χ1n) is 9.52. The second-order valence-electron chi connectivity index (χ2n) is 7.11. The number of hydrogen-bond acceptors (Lipinski definition) is 5. The smallest absolute Gasteiger partial charge is 0.238 e. The highest BCUT2D eigenvalue weighted by Crippen LogP contribution is 2.15. The largest absolute Gasteiger partial charge is 0.326 e. The van der Waals surface area contributed by atoms with Gasteiger partial charge in [-0.25, -0.2) is 0 Å². The van der Waals surface area contributed by atoms with E-state index in [4.69, 9.17) is 0 Å². The molecule has 1 aromatic heterocycles. The van der Waals surface area contributed by atoms with Crippen molar-refractivity contribution in [2.75, 3.05) is 43.4 Å². The van der Waals surface area contributed by atoms with Crippen LogP contribution in [0.5, 0.6) is 0 Å². The van der Waals surface area contributed by atoms with Crippen molar-refractivity contribution in [3.8, 4) is 0 Å². The number of pyridine rings is 1. The third-order valence-electron chi connectivity index (χ3n) is 4.81. The molecule has 28 heavy (non-hydrogen) atoms. The summed E-state index contributed by atoms with van der Waals surface area (Å²) in [7, 11) is 0. The highest BCUT2D eigenvalue weighted by atomic mass is 16.2. The minimum absolute atomic E-state index is 0.0449. The lowest BCUT2D eigenvalue weighted by atomic mass is 10.2. The van der Waals surface area contributed by atoms with Gasteiger partial charge in [-0.3, -0.25) is 24.4 Å². The van der Waals surface area contributed by atoms with Crippen LogP contribution in [0.15, 0.2) is 42.6 Å². The minimum atomic E-state index is -0.136. The Hall–Kier alpha value is -2.77. The van der Waals surface area contributed by atoms with Crippen LogP contribution in [0.1, 0.15) is 18.2 Å². The first kappa shape index (κ1) is 20.0. The molecule has 1 saturated heterocycles. The number of hydrogen-bond donors (Lipinski definition) is 2. The molecular weight excluding hydrogens is 354 g/mol. The lowest BCUT2D eigenvalue weighted by Gasteiger charge is -2.34. The number of aryl methyl sites for hydroxylation is 1. The van der Waals surface area contributed by atoms with Gasteiger partial charge in [-0.2, -0.15) is 0 Å². The fraction of sp³-hybridized carbons (Fsp3) is 0.381. The maximum absolute atomic E-state index is 12.4. The summed E-state index contributed by atoms with van der Waals surface area (Å²) in [4.78, 5) is 32.4. The van der Waals surface area contributed by atoms with Gasteiger partial charge < -0.3 is 10.6 Å². The molecule has 3 rings (SSSR count). The molecule has 0 bridgehead atoms. The number of aromatic nitrogens is 1. The van der Waals surface area contributed by atoms with Gasteiger partial charge in [0.25, 0.3) is 0 Å². The maximum atomic E-state index is 12.4. The van der Waals surface area contributed by atoms with Crippen molar-refractivity contribution in [2.24, 2.45) is 0 Å². The first-order valence-corrected chi connectivity index (χ1v) is 9.52. The lowest BCUT2D eigenvalue weighted by molar-refractivity contribution is -0.117. The van der Waals surface area contributed by atoms with E-state index in [9.17, 15) is 9.59 Å². The fourth-order valence-corrected chi connectivity index (χ4v) is 3.31. The Bertz CT molecular complexity index is 831. The molecule has 2 aromatic rings. The van der Waals surface area contributed by atoms with Crippen LogP contribution in [0, 0.1) is 6.92 Å². The van der Waals surface area contributed by atoms with E-state index in [1.54, 1.807) is 18.2 Å². The molecule has 2 N–H and O–H groups in total. The molecule has 148 valence electrons. The Morgan fingerprint density at radius 2 is 1.68 bits per heavy atom. The van der Waals surface area contributed by atoms with Gasteiger partial charge in [-0.15, -0.1) is 0 Å². The second-order valence-corrected chi connectivity index (χ2v) is 7.11. The zero-order valence-corrected chi connectivity index (χ0v) is 16.4. The number of piperazine rings is 1. The van der Waals surface area contributed by atoms with E-state index in [1.807, 2.05) is 25.3 Å². The lowest BCUT2D eigenvalue weighted by Crippen LogP contribution is -2.48. The van der Waals surface area contributed by atoms with Crippen LogP contribution < -0.4 is 10.6 Å². The summed E-state index contributed by atoms with van der Waals surface area (Å²) in [6.45, 7) is 8.34. The Labute approximate surface area is 165 Å². The van der Waals surface area contributed by atoms with Crippen molar-refractivity contribution in [1.82, 2.24) is 14.8 Å². The molecule has 1 aliphatic heterocycles. The summed E-state index contributed by atoms with van der Waals surface area (Å²) >= 11 is 0. The number of nitrogens with one attached hydrogen (secondary N) is 2. The van der Waals surface area contributed by atoms with Gasteiger partial charge in [-0.1, -0.05) is 12.1 Å². The molecule has 0 radical (unpaired) electrons. The van der Waals surface area contributed by atoms with E-state index < -0.39 is 0 Å². The van der Waals surface area contributed by atoms with Crippen molar-refractivity contribution in [1.29, 1.82) is 0 Å². The van der Waals surface area contributed by atoms with Crippen molar-refractivity contribution < 1.29 is 9.59 Å². The summed E-state index contributed by atoms with van der Waals surface area (Å²) in [6, 6.07) is 11.3. The Kier molecular flexibility index (Phi) is 6.73. The summed E-state index contributed by atoms with van der Waals surface area (Å²) in [6.07, 6.45) is 1.82. The highest BCUT2D eigenvalue weighted by Gasteiger charge is 2.19. The Balaban J connectivity index is 1.45. The maximum Gasteiger partial charge on any atom is 0.238 e. The number of amides is 2.